The van der Waals surface area contributed by atoms with Crippen LogP contribution in [0.25, 0.3) is 0 Å². The smallest absolute Gasteiger partial charge is 0.223 e. The van der Waals surface area contributed by atoms with Crippen molar-refractivity contribution in [3.8, 4) is 0 Å². The summed E-state index contributed by atoms with van der Waals surface area (Å²) in [5.74, 6) is 2.10. The highest BCUT2D eigenvalue weighted by molar-refractivity contribution is 5.76. The van der Waals surface area contributed by atoms with Crippen LogP contribution in [0.1, 0.15) is 26.2 Å². The van der Waals surface area contributed by atoms with Crippen molar-refractivity contribution in [2.24, 2.45) is 5.92 Å². The van der Waals surface area contributed by atoms with Gasteiger partial charge in [-0.3, -0.25) is 4.79 Å². The minimum atomic E-state index is 0.309. The van der Waals surface area contributed by atoms with E-state index in [4.69, 9.17) is 0 Å². The van der Waals surface area contributed by atoms with Gasteiger partial charge in [0.1, 0.15) is 5.82 Å². The maximum absolute atomic E-state index is 12.4. The molecule has 3 rings (SSSR count). The molecule has 0 bridgehead atoms. The molecule has 2 fully saturated rings. The number of carbonyl (C=O) groups excluding carboxylic acids is 1. The summed E-state index contributed by atoms with van der Waals surface area (Å²) in [5.41, 5.74) is 0. The van der Waals surface area contributed by atoms with Gasteiger partial charge in [0, 0.05) is 51.9 Å². The van der Waals surface area contributed by atoms with Gasteiger partial charge in [0.15, 0.2) is 0 Å². The Hall–Kier alpha value is -1.62. The topological polar surface area (TPSA) is 39.7 Å². The summed E-state index contributed by atoms with van der Waals surface area (Å²) >= 11 is 0. The first-order chi connectivity index (χ1) is 11.2. The number of pyridine rings is 1. The number of carbonyl (C=O) groups is 1. The molecular weight excluding hydrogens is 288 g/mol. The number of hydrogen-bond donors (Lipinski definition) is 0. The largest absolute Gasteiger partial charge is 0.353 e. The van der Waals surface area contributed by atoms with Crippen LogP contribution in [0.15, 0.2) is 24.4 Å². The summed E-state index contributed by atoms with van der Waals surface area (Å²) < 4.78 is 0. The zero-order valence-electron chi connectivity index (χ0n) is 14.2. The van der Waals surface area contributed by atoms with E-state index in [-0.39, 0.29) is 0 Å². The third-order valence-electron chi connectivity index (χ3n) is 4.99. The molecule has 5 heteroatoms. The number of amides is 1. The van der Waals surface area contributed by atoms with Crippen molar-refractivity contribution in [3.05, 3.63) is 24.4 Å². The molecule has 2 aliphatic heterocycles. The first-order valence-corrected chi connectivity index (χ1v) is 8.88. The van der Waals surface area contributed by atoms with Crippen LogP contribution < -0.4 is 4.90 Å². The summed E-state index contributed by atoms with van der Waals surface area (Å²) in [7, 11) is 0. The van der Waals surface area contributed by atoms with E-state index < -0.39 is 0 Å². The molecule has 3 heterocycles. The minimum Gasteiger partial charge on any atom is -0.353 e. The van der Waals surface area contributed by atoms with E-state index in [0.29, 0.717) is 12.3 Å². The molecule has 0 aromatic carbocycles. The highest BCUT2D eigenvalue weighted by atomic mass is 16.2. The maximum Gasteiger partial charge on any atom is 0.223 e. The molecule has 1 aromatic heterocycles. The molecule has 1 amide bonds. The molecule has 1 atom stereocenters. The Balaban J connectivity index is 1.41. The van der Waals surface area contributed by atoms with Gasteiger partial charge in [0.2, 0.25) is 5.91 Å². The third-order valence-corrected chi connectivity index (χ3v) is 4.99. The Morgan fingerprint density at radius 1 is 1.22 bits per heavy atom. The second-order valence-corrected chi connectivity index (χ2v) is 6.85. The average molecular weight is 316 g/mol. The predicted octanol–water partition coefficient (Wildman–Crippen LogP) is 1.85. The van der Waals surface area contributed by atoms with Crippen LogP contribution in [-0.4, -0.2) is 66.5 Å². The van der Waals surface area contributed by atoms with Crippen LogP contribution in [0.4, 0.5) is 5.82 Å². The lowest BCUT2D eigenvalue weighted by Crippen LogP contribution is -2.49. The van der Waals surface area contributed by atoms with E-state index in [2.05, 4.69) is 21.7 Å². The van der Waals surface area contributed by atoms with Gasteiger partial charge in [-0.1, -0.05) is 13.0 Å². The fourth-order valence-electron chi connectivity index (χ4n) is 3.63. The van der Waals surface area contributed by atoms with Crippen molar-refractivity contribution in [2.75, 3.05) is 50.7 Å². The number of aromatic nitrogens is 1. The van der Waals surface area contributed by atoms with E-state index in [1.807, 2.05) is 29.3 Å². The van der Waals surface area contributed by atoms with E-state index in [1.165, 1.54) is 12.8 Å². The van der Waals surface area contributed by atoms with Gasteiger partial charge in [-0.2, -0.15) is 0 Å². The van der Waals surface area contributed by atoms with Crippen molar-refractivity contribution in [3.63, 3.8) is 0 Å². The molecule has 1 unspecified atom stereocenters. The minimum absolute atomic E-state index is 0.309. The number of anilines is 1. The van der Waals surface area contributed by atoms with Crippen LogP contribution in [0.5, 0.6) is 0 Å². The summed E-state index contributed by atoms with van der Waals surface area (Å²) in [4.78, 5) is 23.6. The van der Waals surface area contributed by atoms with Crippen molar-refractivity contribution in [1.82, 2.24) is 14.8 Å². The van der Waals surface area contributed by atoms with Crippen molar-refractivity contribution in [1.29, 1.82) is 0 Å². The van der Waals surface area contributed by atoms with Gasteiger partial charge in [-0.25, -0.2) is 4.98 Å². The second-order valence-electron chi connectivity index (χ2n) is 6.85. The Morgan fingerprint density at radius 2 is 2.04 bits per heavy atom. The SMILES string of the molecule is CC1CCCN(CCC(=O)N2CCN(c3ccccn3)CC2)C1. The zero-order valence-corrected chi connectivity index (χ0v) is 14.2. The van der Waals surface area contributed by atoms with Crippen molar-refractivity contribution < 1.29 is 4.79 Å². The molecule has 0 aliphatic carbocycles. The van der Waals surface area contributed by atoms with E-state index >= 15 is 0 Å². The van der Waals surface area contributed by atoms with Crippen LogP contribution in [-0.2, 0) is 4.79 Å². The highest BCUT2D eigenvalue weighted by Crippen LogP contribution is 2.16. The number of piperidine rings is 1. The molecular formula is C18H28N4O. The van der Waals surface area contributed by atoms with Gasteiger partial charge < -0.3 is 14.7 Å². The van der Waals surface area contributed by atoms with Gasteiger partial charge in [0.05, 0.1) is 0 Å². The van der Waals surface area contributed by atoms with Gasteiger partial charge >= 0.3 is 0 Å². The van der Waals surface area contributed by atoms with E-state index in [0.717, 1.165) is 57.5 Å². The van der Waals surface area contributed by atoms with Crippen molar-refractivity contribution in [2.45, 2.75) is 26.2 Å². The van der Waals surface area contributed by atoms with Crippen LogP contribution >= 0.6 is 0 Å². The Bertz CT molecular complexity index is 499. The predicted molar refractivity (Wildman–Crippen MR) is 92.5 cm³/mol. The fraction of sp³-hybridized carbons (Fsp3) is 0.667. The molecule has 5 nitrogen and oxygen atoms in total. The molecule has 1 aromatic rings. The number of piperazine rings is 1. The normalized spacial score (nSPS) is 23.1. The Labute approximate surface area is 139 Å². The summed E-state index contributed by atoms with van der Waals surface area (Å²) in [5, 5.41) is 0. The fourth-order valence-corrected chi connectivity index (χ4v) is 3.63. The molecule has 0 N–H and O–H groups in total. The van der Waals surface area contributed by atoms with Crippen LogP contribution in [0, 0.1) is 5.92 Å². The van der Waals surface area contributed by atoms with Gasteiger partial charge in [0.25, 0.3) is 0 Å². The third kappa shape index (κ3) is 4.44. The first-order valence-electron chi connectivity index (χ1n) is 8.88. The van der Waals surface area contributed by atoms with E-state index in [1.54, 1.807) is 0 Å². The maximum atomic E-state index is 12.4. The quantitative estimate of drug-likeness (QED) is 0.850. The second kappa shape index (κ2) is 7.77. The summed E-state index contributed by atoms with van der Waals surface area (Å²) in [6.45, 7) is 8.92. The van der Waals surface area contributed by atoms with E-state index in [9.17, 15) is 4.79 Å². The molecule has 126 valence electrons. The summed E-state index contributed by atoms with van der Waals surface area (Å²) in [6.07, 6.45) is 5.10. The molecule has 23 heavy (non-hydrogen) atoms. The van der Waals surface area contributed by atoms with Crippen LogP contribution in [0.2, 0.25) is 0 Å². The molecule has 0 spiro atoms. The number of likely N-dealkylation sites (tertiary alicyclic amines) is 1. The van der Waals surface area contributed by atoms with Crippen molar-refractivity contribution >= 4 is 11.7 Å². The monoisotopic (exact) mass is 316 g/mol. The zero-order chi connectivity index (χ0) is 16.1. The molecule has 2 aliphatic rings. The first kappa shape index (κ1) is 16.2. The molecule has 2 saturated heterocycles. The standard InChI is InChI=1S/C18H28N4O/c1-16-5-4-9-20(15-16)10-7-18(23)22-13-11-21(12-14-22)17-6-2-3-8-19-17/h2-3,6,8,16H,4-5,7,9-15H2,1H3. The number of hydrogen-bond acceptors (Lipinski definition) is 4. The lowest BCUT2D eigenvalue weighted by molar-refractivity contribution is -0.131. The average Bonchev–Trinajstić information content (AvgIpc) is 2.61. The highest BCUT2D eigenvalue weighted by Gasteiger charge is 2.23. The Kier molecular flexibility index (Phi) is 5.49. The van der Waals surface area contributed by atoms with Gasteiger partial charge in [-0.05, 0) is 37.4 Å². The lowest BCUT2D eigenvalue weighted by atomic mass is 10.0. The number of rotatable bonds is 4. The summed E-state index contributed by atoms with van der Waals surface area (Å²) in [6, 6.07) is 5.99. The Morgan fingerprint density at radius 3 is 2.74 bits per heavy atom. The molecule has 0 radical (unpaired) electrons. The van der Waals surface area contributed by atoms with Crippen LogP contribution in [0.3, 0.4) is 0 Å². The van der Waals surface area contributed by atoms with Gasteiger partial charge in [-0.15, -0.1) is 0 Å². The lowest BCUT2D eigenvalue weighted by Gasteiger charge is -2.36. The molecule has 0 saturated carbocycles. The number of nitrogens with zero attached hydrogens (tertiary/aromatic N) is 4.